The van der Waals surface area contributed by atoms with Gasteiger partial charge in [0.05, 0.1) is 0 Å². The smallest absolute Gasteiger partial charge is 1.00 e. The molecular weight excluding hydrogens is 261 g/mol. The van der Waals surface area contributed by atoms with Crippen LogP contribution in [0, 0.1) is 0 Å². The summed E-state index contributed by atoms with van der Waals surface area (Å²) in [6.07, 6.45) is 0. The van der Waals surface area contributed by atoms with Crippen molar-refractivity contribution in [3.8, 4) is 0 Å². The third kappa shape index (κ3) is 8.89. The SMILES string of the molecule is O.O.[H-].[K+].[Os]. The molecule has 0 amide bonds. The first-order valence-corrected chi connectivity index (χ1v) is 0. The minimum absolute atomic E-state index is 0. The van der Waals surface area contributed by atoms with E-state index >= 15 is 0 Å². The predicted octanol–water partition coefficient (Wildman–Crippen LogP) is -4.54. The Hall–Kier alpha value is 2.19. The molecule has 0 heterocycles. The van der Waals surface area contributed by atoms with Gasteiger partial charge >= 0.3 is 51.4 Å². The average Bonchev–Trinajstić information content (AvgIpc) is 0. The first-order valence-electron chi connectivity index (χ1n) is 0. The van der Waals surface area contributed by atoms with Crippen molar-refractivity contribution in [2.45, 2.75) is 0 Å². The van der Waals surface area contributed by atoms with Gasteiger partial charge in [0.2, 0.25) is 0 Å². The van der Waals surface area contributed by atoms with Crippen LogP contribution in [0.2, 0.25) is 0 Å². The monoisotopic (exact) mass is 268 g/mol. The molecule has 26 valence electrons. The van der Waals surface area contributed by atoms with Gasteiger partial charge in [0, 0.05) is 19.8 Å². The molecule has 0 aromatic carbocycles. The quantitative estimate of drug-likeness (QED) is 0.397. The van der Waals surface area contributed by atoms with Crippen molar-refractivity contribution in [3.05, 3.63) is 0 Å². The fourth-order valence-electron chi connectivity index (χ4n) is 0. The van der Waals surface area contributed by atoms with E-state index in [0.717, 1.165) is 0 Å². The van der Waals surface area contributed by atoms with Crippen molar-refractivity contribution < 1.29 is 83.6 Å². The zero-order chi connectivity index (χ0) is 0. The normalized spacial score (nSPS) is 0. The summed E-state index contributed by atoms with van der Waals surface area (Å²) in [5.74, 6) is 0. The average molecular weight is 266 g/mol. The van der Waals surface area contributed by atoms with Crippen molar-refractivity contribution in [1.82, 2.24) is 0 Å². The summed E-state index contributed by atoms with van der Waals surface area (Å²) in [4.78, 5) is 0. The Morgan fingerprint density at radius 2 is 1.00 bits per heavy atom. The summed E-state index contributed by atoms with van der Waals surface area (Å²) in [5.41, 5.74) is 0. The first-order chi connectivity index (χ1) is 0. The number of rotatable bonds is 0. The Morgan fingerprint density at radius 1 is 1.00 bits per heavy atom. The van der Waals surface area contributed by atoms with Gasteiger partial charge in [-0.25, -0.2) is 0 Å². The van der Waals surface area contributed by atoms with Gasteiger partial charge in [0.1, 0.15) is 0 Å². The molecule has 4 heavy (non-hydrogen) atoms. The van der Waals surface area contributed by atoms with E-state index in [1.807, 2.05) is 0 Å². The third-order valence-corrected chi connectivity index (χ3v) is 0. The van der Waals surface area contributed by atoms with E-state index < -0.39 is 0 Å². The van der Waals surface area contributed by atoms with Crippen molar-refractivity contribution >= 4 is 0 Å². The summed E-state index contributed by atoms with van der Waals surface area (Å²) in [6, 6.07) is 0. The molecule has 0 fully saturated rings. The van der Waals surface area contributed by atoms with Crippen LogP contribution >= 0.6 is 0 Å². The molecule has 2 nitrogen and oxygen atoms in total. The van der Waals surface area contributed by atoms with Crippen LogP contribution < -0.4 is 51.4 Å². The minimum Gasteiger partial charge on any atom is -1.00 e. The van der Waals surface area contributed by atoms with Crippen LogP contribution in [0.15, 0.2) is 0 Å². The van der Waals surface area contributed by atoms with Crippen molar-refractivity contribution in [2.75, 3.05) is 0 Å². The summed E-state index contributed by atoms with van der Waals surface area (Å²) >= 11 is 0. The van der Waals surface area contributed by atoms with Gasteiger partial charge < -0.3 is 12.4 Å². The second kappa shape index (κ2) is 19.0. The Balaban J connectivity index is 0. The van der Waals surface area contributed by atoms with E-state index in [0.29, 0.717) is 0 Å². The van der Waals surface area contributed by atoms with Crippen LogP contribution in [-0.4, -0.2) is 11.0 Å². The van der Waals surface area contributed by atoms with Crippen LogP contribution in [0.4, 0.5) is 0 Å². The summed E-state index contributed by atoms with van der Waals surface area (Å²) in [7, 11) is 0. The zero-order valence-corrected chi connectivity index (χ0v) is 8.02. The van der Waals surface area contributed by atoms with E-state index in [2.05, 4.69) is 0 Å². The standard InChI is InChI=1S/K.2H2O.Os.H/h;2*1H2;;/q+1;;;;-1. The first kappa shape index (κ1) is 34.7. The second-order valence-electron chi connectivity index (χ2n) is 0. The zero-order valence-electron chi connectivity index (χ0n) is 3.35. The molecule has 0 atom stereocenters. The van der Waals surface area contributed by atoms with Crippen molar-refractivity contribution in [1.29, 1.82) is 0 Å². The molecule has 0 aliphatic rings. The van der Waals surface area contributed by atoms with Crippen LogP contribution in [0.3, 0.4) is 0 Å². The van der Waals surface area contributed by atoms with Gasteiger partial charge in [-0.15, -0.1) is 0 Å². The van der Waals surface area contributed by atoms with E-state index in [-0.39, 0.29) is 83.6 Å². The maximum atomic E-state index is 0. The molecule has 0 aromatic rings. The van der Waals surface area contributed by atoms with E-state index in [1.54, 1.807) is 0 Å². The Labute approximate surface area is 81.9 Å². The predicted molar refractivity (Wildman–Crippen MR) is 8.34 cm³/mol. The van der Waals surface area contributed by atoms with E-state index in [9.17, 15) is 0 Å². The number of hydrogen-bond donors (Lipinski definition) is 0. The van der Waals surface area contributed by atoms with Gasteiger partial charge in [-0.1, -0.05) is 0 Å². The molecule has 4 N–H and O–H groups in total. The molecule has 0 aliphatic heterocycles. The molecule has 0 radical (unpaired) electrons. The summed E-state index contributed by atoms with van der Waals surface area (Å²) < 4.78 is 0. The van der Waals surface area contributed by atoms with Crippen molar-refractivity contribution in [2.24, 2.45) is 0 Å². The maximum absolute atomic E-state index is 0. The van der Waals surface area contributed by atoms with Crippen LogP contribution in [0.5, 0.6) is 0 Å². The van der Waals surface area contributed by atoms with E-state index in [4.69, 9.17) is 0 Å². The van der Waals surface area contributed by atoms with Crippen LogP contribution in [0.25, 0.3) is 0 Å². The maximum Gasteiger partial charge on any atom is 1.00 e. The molecule has 0 bridgehead atoms. The molecule has 0 aromatic heterocycles. The molecule has 0 aliphatic carbocycles. The minimum atomic E-state index is 0. The Morgan fingerprint density at radius 3 is 1.00 bits per heavy atom. The molecule has 0 saturated heterocycles. The summed E-state index contributed by atoms with van der Waals surface area (Å²) in [6.45, 7) is 0. The fourth-order valence-corrected chi connectivity index (χ4v) is 0. The van der Waals surface area contributed by atoms with Gasteiger partial charge in [-0.05, 0) is 0 Å². The molecular formula is H5KO2Os. The van der Waals surface area contributed by atoms with Crippen LogP contribution in [0.1, 0.15) is 1.43 Å². The topological polar surface area (TPSA) is 63.0 Å². The fraction of sp³-hybridized carbons (Fsp3) is 0. The molecule has 0 unspecified atom stereocenters. The van der Waals surface area contributed by atoms with Gasteiger partial charge in [0.15, 0.2) is 0 Å². The van der Waals surface area contributed by atoms with E-state index in [1.165, 1.54) is 0 Å². The Kier molecular flexibility index (Phi) is 165. The number of hydrogen-bond acceptors (Lipinski definition) is 0. The molecule has 4 heteroatoms. The van der Waals surface area contributed by atoms with Gasteiger partial charge in [0.25, 0.3) is 0 Å². The van der Waals surface area contributed by atoms with Gasteiger partial charge in [-0.3, -0.25) is 0 Å². The van der Waals surface area contributed by atoms with Crippen molar-refractivity contribution in [3.63, 3.8) is 0 Å². The molecule has 0 saturated carbocycles. The molecule has 0 spiro atoms. The second-order valence-corrected chi connectivity index (χ2v) is 0. The Bertz CT molecular complexity index is 9.61. The summed E-state index contributed by atoms with van der Waals surface area (Å²) in [5, 5.41) is 0. The van der Waals surface area contributed by atoms with Crippen LogP contribution in [-0.2, 0) is 19.8 Å². The largest absolute Gasteiger partial charge is 1.00 e. The molecule has 0 rings (SSSR count). The van der Waals surface area contributed by atoms with Gasteiger partial charge in [-0.2, -0.15) is 0 Å². The third-order valence-electron chi connectivity index (χ3n) is 0.